The van der Waals surface area contributed by atoms with E-state index in [4.69, 9.17) is 28.4 Å². The maximum atomic E-state index is 6.04. The predicted octanol–water partition coefficient (Wildman–Crippen LogP) is 0.115. The van der Waals surface area contributed by atoms with E-state index >= 15 is 0 Å². The minimum Gasteiger partial charge on any atom is -0.380 e. The number of fused-ring (bicyclic) bond motifs is 26. The molecule has 0 N–H and O–H groups in total. The summed E-state index contributed by atoms with van der Waals surface area (Å²) in [6.45, 7) is 20.2. The number of nitrogens with zero attached hydrogens (tertiary/aromatic N) is 4. The zero-order valence-electron chi connectivity index (χ0n) is 22.6. The van der Waals surface area contributed by atoms with Gasteiger partial charge in [0, 0.05) is 91.8 Å². The molecule has 4 rings (SSSR count). The fourth-order valence-electron chi connectivity index (χ4n) is 4.68. The normalized spacial score (nSPS) is 33.3. The van der Waals surface area contributed by atoms with Gasteiger partial charge in [-0.2, -0.15) is 0 Å². The summed E-state index contributed by atoms with van der Waals surface area (Å²) in [4.78, 5) is 9.82. The lowest BCUT2D eigenvalue weighted by Crippen LogP contribution is -2.41. The van der Waals surface area contributed by atoms with E-state index in [9.17, 15) is 0 Å². The molecule has 4 heterocycles. The van der Waals surface area contributed by atoms with Crippen molar-refractivity contribution in [3.63, 3.8) is 0 Å². The molecular weight excluding hydrogens is 464 g/mol. The lowest BCUT2D eigenvalue weighted by atomic mass is 10.3. The molecule has 0 radical (unpaired) electrons. The molecule has 0 aliphatic carbocycles. The summed E-state index contributed by atoms with van der Waals surface area (Å²) in [6.07, 6.45) is 2.08. The van der Waals surface area contributed by atoms with Crippen molar-refractivity contribution in [2.75, 3.05) is 158 Å². The van der Waals surface area contributed by atoms with Gasteiger partial charge < -0.3 is 33.3 Å². The van der Waals surface area contributed by atoms with E-state index in [-0.39, 0.29) is 0 Å². The van der Waals surface area contributed by atoms with Crippen LogP contribution < -0.4 is 0 Å². The van der Waals surface area contributed by atoms with Gasteiger partial charge in [0.25, 0.3) is 0 Å². The van der Waals surface area contributed by atoms with E-state index in [1.165, 1.54) is 0 Å². The maximum absolute atomic E-state index is 6.04. The van der Waals surface area contributed by atoms with Crippen LogP contribution in [0.4, 0.5) is 0 Å². The van der Waals surface area contributed by atoms with Crippen molar-refractivity contribution in [1.29, 1.82) is 0 Å². The first kappa shape index (κ1) is 30.1. The van der Waals surface area contributed by atoms with Crippen LogP contribution in [0.2, 0.25) is 0 Å². The highest BCUT2D eigenvalue weighted by Crippen LogP contribution is 2.01. The average Bonchev–Trinajstić information content (AvgIpc) is 2.88. The first-order valence-electron chi connectivity index (χ1n) is 14.3. The van der Waals surface area contributed by atoms with Crippen molar-refractivity contribution in [3.05, 3.63) is 0 Å². The average molecular weight is 517 g/mol. The summed E-state index contributed by atoms with van der Waals surface area (Å²) in [7, 11) is 0. The van der Waals surface area contributed by atoms with Crippen LogP contribution in [0.3, 0.4) is 0 Å². The van der Waals surface area contributed by atoms with Gasteiger partial charge in [-0.25, -0.2) is 0 Å². The van der Waals surface area contributed by atoms with Gasteiger partial charge in [-0.3, -0.25) is 14.7 Å². The summed E-state index contributed by atoms with van der Waals surface area (Å²) in [5.74, 6) is 0. The van der Waals surface area contributed by atoms with E-state index in [0.29, 0.717) is 19.8 Å². The van der Waals surface area contributed by atoms with E-state index in [1.54, 1.807) is 0 Å². The van der Waals surface area contributed by atoms with Crippen molar-refractivity contribution in [1.82, 2.24) is 19.6 Å². The zero-order valence-corrected chi connectivity index (χ0v) is 22.6. The van der Waals surface area contributed by atoms with Gasteiger partial charge >= 0.3 is 0 Å². The Kier molecular flexibility index (Phi) is 17.2. The molecule has 0 aromatic carbocycles. The van der Waals surface area contributed by atoms with E-state index in [1.807, 2.05) is 0 Å². The van der Waals surface area contributed by atoms with Gasteiger partial charge in [0.1, 0.15) is 0 Å². The minimum atomic E-state index is 0.633. The number of ether oxygens (including phenoxy) is 6. The molecule has 4 aliphatic heterocycles. The first-order valence-corrected chi connectivity index (χ1v) is 14.3. The monoisotopic (exact) mass is 516 g/mol. The van der Waals surface area contributed by atoms with Gasteiger partial charge in [-0.05, 0) is 12.8 Å². The molecule has 4 bridgehead atoms. The fraction of sp³-hybridized carbons (Fsp3) is 1.00. The zero-order chi connectivity index (χ0) is 24.9. The Balaban J connectivity index is 1.66. The molecule has 4 saturated heterocycles. The summed E-state index contributed by atoms with van der Waals surface area (Å²) < 4.78 is 35.9. The van der Waals surface area contributed by atoms with Gasteiger partial charge in [-0.15, -0.1) is 0 Å². The Morgan fingerprint density at radius 2 is 0.472 bits per heavy atom. The molecule has 10 nitrogen and oxygen atoms in total. The molecule has 0 spiro atoms. The van der Waals surface area contributed by atoms with Crippen molar-refractivity contribution in [2.45, 2.75) is 12.8 Å². The third kappa shape index (κ3) is 14.5. The third-order valence-electron chi connectivity index (χ3n) is 7.05. The molecule has 212 valence electrons. The number of hydrogen-bond acceptors (Lipinski definition) is 10. The highest BCUT2D eigenvalue weighted by molar-refractivity contribution is 4.66. The minimum absolute atomic E-state index is 0.633. The van der Waals surface area contributed by atoms with Crippen LogP contribution in [0.25, 0.3) is 0 Å². The number of rotatable bonds is 0. The van der Waals surface area contributed by atoms with Crippen LogP contribution >= 0.6 is 0 Å². The standard InChI is InChI=1S/C26H52N4O6/c1-3-27-4-2-16-32-18-9-29-6-5-28(8-17-31-15-1)10-19-33-21-12-30(13-22-34-20-11-29)14-24-36-26-25-35-23-7-27/h1-26H2. The second-order valence-corrected chi connectivity index (χ2v) is 9.75. The molecule has 4 aliphatic rings. The predicted molar refractivity (Wildman–Crippen MR) is 140 cm³/mol. The van der Waals surface area contributed by atoms with Crippen LogP contribution in [-0.4, -0.2) is 177 Å². The Morgan fingerprint density at radius 1 is 0.222 bits per heavy atom. The van der Waals surface area contributed by atoms with Gasteiger partial charge in [0.05, 0.1) is 66.1 Å². The van der Waals surface area contributed by atoms with Gasteiger partial charge in [-0.1, -0.05) is 0 Å². The molecule has 36 heavy (non-hydrogen) atoms. The topological polar surface area (TPSA) is 68.3 Å². The smallest absolute Gasteiger partial charge is 0.0701 e. The summed E-state index contributed by atoms with van der Waals surface area (Å²) in [6, 6.07) is 0. The second-order valence-electron chi connectivity index (χ2n) is 9.75. The molecule has 10 heteroatoms. The second kappa shape index (κ2) is 20.5. The van der Waals surface area contributed by atoms with Gasteiger partial charge in [0.2, 0.25) is 0 Å². The highest BCUT2D eigenvalue weighted by Gasteiger charge is 2.13. The molecule has 2 atom stereocenters. The first-order chi connectivity index (χ1) is 17.9. The Labute approximate surface area is 219 Å². The Morgan fingerprint density at radius 3 is 0.833 bits per heavy atom. The SMILES string of the molecule is C1COCCN2CCOCCN3CCOCCOCCN(C1)CCCOCCN(CCOCC3)CC2. The van der Waals surface area contributed by atoms with Crippen LogP contribution in [0.15, 0.2) is 0 Å². The van der Waals surface area contributed by atoms with E-state index in [2.05, 4.69) is 19.6 Å². The quantitative estimate of drug-likeness (QED) is 0.443. The third-order valence-corrected chi connectivity index (χ3v) is 7.05. The fourth-order valence-corrected chi connectivity index (χ4v) is 4.68. The summed E-state index contributed by atoms with van der Waals surface area (Å²) >= 11 is 0. The van der Waals surface area contributed by atoms with Crippen LogP contribution in [-0.2, 0) is 28.4 Å². The van der Waals surface area contributed by atoms with Gasteiger partial charge in [0.15, 0.2) is 0 Å². The molecule has 4 fully saturated rings. The molecule has 0 aromatic rings. The van der Waals surface area contributed by atoms with E-state index < -0.39 is 0 Å². The van der Waals surface area contributed by atoms with Crippen molar-refractivity contribution in [2.24, 2.45) is 0 Å². The number of hydrogen-bond donors (Lipinski definition) is 0. The lowest BCUT2D eigenvalue weighted by molar-refractivity contribution is 0.0173. The summed E-state index contributed by atoms with van der Waals surface area (Å²) in [5.41, 5.74) is 0. The summed E-state index contributed by atoms with van der Waals surface area (Å²) in [5, 5.41) is 0. The van der Waals surface area contributed by atoms with Crippen molar-refractivity contribution < 1.29 is 28.4 Å². The molecular formula is C26H52N4O6. The van der Waals surface area contributed by atoms with Crippen LogP contribution in [0.1, 0.15) is 12.8 Å². The largest absolute Gasteiger partial charge is 0.380 e. The van der Waals surface area contributed by atoms with Crippen molar-refractivity contribution >= 4 is 0 Å². The van der Waals surface area contributed by atoms with E-state index in [0.717, 1.165) is 151 Å². The molecule has 0 saturated carbocycles. The Bertz CT molecular complexity index is 487. The molecule has 2 unspecified atom stereocenters. The molecule has 0 aromatic heterocycles. The maximum Gasteiger partial charge on any atom is 0.0701 e. The molecule has 0 amide bonds. The van der Waals surface area contributed by atoms with Crippen molar-refractivity contribution in [3.8, 4) is 0 Å². The highest BCUT2D eigenvalue weighted by atomic mass is 16.5. The van der Waals surface area contributed by atoms with Crippen LogP contribution in [0, 0.1) is 0 Å². The Hall–Kier alpha value is -0.400. The van der Waals surface area contributed by atoms with Crippen LogP contribution in [0.5, 0.6) is 0 Å². The lowest BCUT2D eigenvalue weighted by Gasteiger charge is -2.27.